The van der Waals surface area contributed by atoms with E-state index in [1.807, 2.05) is 30.3 Å². The fraction of sp³-hybridized carbons (Fsp3) is 0.167. The lowest BCUT2D eigenvalue weighted by Crippen LogP contribution is -2.34. The number of Topliss-reactive ketones (excluding diaryl/α,β-unsaturated/α-hetero) is 1. The summed E-state index contributed by atoms with van der Waals surface area (Å²) < 4.78 is 0. The van der Waals surface area contributed by atoms with E-state index in [0.717, 1.165) is 10.6 Å². The zero-order chi connectivity index (χ0) is 16.4. The van der Waals surface area contributed by atoms with Gasteiger partial charge in [0.05, 0.1) is 12.1 Å². The summed E-state index contributed by atoms with van der Waals surface area (Å²) in [6.07, 6.45) is 0.0953. The molecule has 1 unspecified atom stereocenters. The van der Waals surface area contributed by atoms with Crippen molar-refractivity contribution >= 4 is 29.0 Å². The largest absolute Gasteiger partial charge is 0.373 e. The van der Waals surface area contributed by atoms with Gasteiger partial charge in [-0.1, -0.05) is 30.3 Å². The summed E-state index contributed by atoms with van der Waals surface area (Å²) in [5.41, 5.74) is 1.70. The highest BCUT2D eigenvalue weighted by atomic mass is 16.2. The summed E-state index contributed by atoms with van der Waals surface area (Å²) in [6.45, 7) is 1.45. The van der Waals surface area contributed by atoms with Gasteiger partial charge in [0.2, 0.25) is 5.91 Å². The Balaban J connectivity index is 1.84. The second-order valence-electron chi connectivity index (χ2n) is 5.44. The van der Waals surface area contributed by atoms with Crippen LogP contribution in [-0.2, 0) is 9.59 Å². The van der Waals surface area contributed by atoms with Crippen molar-refractivity contribution in [3.63, 3.8) is 0 Å². The van der Waals surface area contributed by atoms with E-state index in [0.29, 0.717) is 11.3 Å². The number of rotatable bonds is 4. The molecule has 1 saturated heterocycles. The average molecular weight is 308 g/mol. The second-order valence-corrected chi connectivity index (χ2v) is 5.44. The molecule has 0 bridgehead atoms. The number of hydrogen-bond donors (Lipinski definition) is 1. The van der Waals surface area contributed by atoms with Crippen LogP contribution in [0.15, 0.2) is 54.6 Å². The van der Waals surface area contributed by atoms with Crippen molar-refractivity contribution in [3.05, 3.63) is 60.2 Å². The number of carbonyl (C=O) groups is 3. The van der Waals surface area contributed by atoms with Gasteiger partial charge in [0.25, 0.3) is 5.91 Å². The SMILES string of the molecule is CC(=O)c1cccc(N2C(=O)CC(Nc3ccccc3)C2=O)c1. The van der Waals surface area contributed by atoms with Gasteiger partial charge in [-0.25, -0.2) is 4.90 Å². The molecular weight excluding hydrogens is 292 g/mol. The molecule has 23 heavy (non-hydrogen) atoms. The zero-order valence-electron chi connectivity index (χ0n) is 12.7. The van der Waals surface area contributed by atoms with Crippen molar-refractivity contribution in [3.8, 4) is 0 Å². The van der Waals surface area contributed by atoms with Gasteiger partial charge in [0.1, 0.15) is 6.04 Å². The number of imide groups is 1. The lowest BCUT2D eigenvalue weighted by atomic mass is 10.1. The van der Waals surface area contributed by atoms with Gasteiger partial charge in [-0.05, 0) is 31.2 Å². The van der Waals surface area contributed by atoms with E-state index in [1.54, 1.807) is 24.3 Å². The lowest BCUT2D eigenvalue weighted by molar-refractivity contribution is -0.121. The maximum Gasteiger partial charge on any atom is 0.256 e. The number of nitrogens with zero attached hydrogens (tertiary/aromatic N) is 1. The first-order valence-electron chi connectivity index (χ1n) is 7.35. The van der Waals surface area contributed by atoms with Crippen LogP contribution in [0.1, 0.15) is 23.7 Å². The lowest BCUT2D eigenvalue weighted by Gasteiger charge is -2.16. The fourth-order valence-corrected chi connectivity index (χ4v) is 2.62. The van der Waals surface area contributed by atoms with Crippen LogP contribution in [0.3, 0.4) is 0 Å². The predicted molar refractivity (Wildman–Crippen MR) is 87.4 cm³/mol. The highest BCUT2D eigenvalue weighted by molar-refractivity contribution is 6.23. The van der Waals surface area contributed by atoms with E-state index < -0.39 is 6.04 Å². The van der Waals surface area contributed by atoms with Crippen molar-refractivity contribution in [1.82, 2.24) is 0 Å². The quantitative estimate of drug-likeness (QED) is 0.696. The molecule has 0 aliphatic carbocycles. The van der Waals surface area contributed by atoms with Crippen molar-refractivity contribution in [1.29, 1.82) is 0 Å². The Labute approximate surface area is 133 Å². The van der Waals surface area contributed by atoms with Crippen molar-refractivity contribution in [2.75, 3.05) is 10.2 Å². The molecule has 1 N–H and O–H groups in total. The molecule has 116 valence electrons. The third kappa shape index (κ3) is 2.99. The third-order valence-electron chi connectivity index (χ3n) is 3.77. The molecular formula is C18H16N2O3. The standard InChI is InChI=1S/C18H16N2O3/c1-12(21)13-6-5-9-15(10-13)20-17(22)11-16(18(20)23)19-14-7-3-2-4-8-14/h2-10,16,19H,11H2,1H3. The van der Waals surface area contributed by atoms with Crippen LogP contribution < -0.4 is 10.2 Å². The van der Waals surface area contributed by atoms with Gasteiger partial charge in [-0.15, -0.1) is 0 Å². The molecule has 2 aromatic carbocycles. The zero-order valence-corrected chi connectivity index (χ0v) is 12.7. The molecule has 2 amide bonds. The number of para-hydroxylation sites is 1. The summed E-state index contributed by atoms with van der Waals surface area (Å²) >= 11 is 0. The first-order chi connectivity index (χ1) is 11.1. The Morgan fingerprint density at radius 1 is 1.09 bits per heavy atom. The van der Waals surface area contributed by atoms with E-state index in [2.05, 4.69) is 5.32 Å². The summed E-state index contributed by atoms with van der Waals surface area (Å²) in [6, 6.07) is 15.3. The molecule has 5 nitrogen and oxygen atoms in total. The highest BCUT2D eigenvalue weighted by Crippen LogP contribution is 2.25. The smallest absolute Gasteiger partial charge is 0.256 e. The molecule has 2 aromatic rings. The molecule has 0 aromatic heterocycles. The van der Waals surface area contributed by atoms with Crippen LogP contribution in [0.5, 0.6) is 0 Å². The summed E-state index contributed by atoms with van der Waals surface area (Å²) in [5, 5.41) is 3.08. The maximum absolute atomic E-state index is 12.6. The molecule has 1 aliphatic rings. The van der Waals surface area contributed by atoms with Crippen LogP contribution in [0, 0.1) is 0 Å². The Hall–Kier alpha value is -2.95. The Bertz CT molecular complexity index is 771. The van der Waals surface area contributed by atoms with Gasteiger partial charge in [0.15, 0.2) is 5.78 Å². The van der Waals surface area contributed by atoms with Crippen LogP contribution in [0.4, 0.5) is 11.4 Å². The molecule has 1 atom stereocenters. The molecule has 0 saturated carbocycles. The summed E-state index contributed by atoms with van der Waals surface area (Å²) in [5.74, 6) is -0.686. The van der Waals surface area contributed by atoms with Gasteiger partial charge in [0, 0.05) is 11.3 Å². The Kier molecular flexibility index (Phi) is 3.93. The van der Waals surface area contributed by atoms with E-state index in [9.17, 15) is 14.4 Å². The maximum atomic E-state index is 12.6. The number of nitrogens with one attached hydrogen (secondary N) is 1. The van der Waals surface area contributed by atoms with E-state index in [4.69, 9.17) is 0 Å². The number of amides is 2. The van der Waals surface area contributed by atoms with Crippen molar-refractivity contribution < 1.29 is 14.4 Å². The molecule has 1 heterocycles. The predicted octanol–water partition coefficient (Wildman–Crippen LogP) is 2.63. The first-order valence-corrected chi connectivity index (χ1v) is 7.35. The minimum Gasteiger partial charge on any atom is -0.373 e. The Morgan fingerprint density at radius 3 is 2.52 bits per heavy atom. The number of ketones is 1. The van der Waals surface area contributed by atoms with Crippen LogP contribution >= 0.6 is 0 Å². The number of benzene rings is 2. The number of anilines is 2. The molecule has 3 rings (SSSR count). The summed E-state index contributed by atoms with van der Waals surface area (Å²) in [4.78, 5) is 37.4. The fourth-order valence-electron chi connectivity index (χ4n) is 2.62. The number of hydrogen-bond acceptors (Lipinski definition) is 4. The van der Waals surface area contributed by atoms with E-state index in [-0.39, 0.29) is 24.0 Å². The van der Waals surface area contributed by atoms with Crippen molar-refractivity contribution in [2.24, 2.45) is 0 Å². The van der Waals surface area contributed by atoms with Crippen LogP contribution in [0.2, 0.25) is 0 Å². The average Bonchev–Trinajstić information content (AvgIpc) is 2.82. The normalized spacial score (nSPS) is 17.4. The highest BCUT2D eigenvalue weighted by Gasteiger charge is 2.39. The number of carbonyl (C=O) groups excluding carboxylic acids is 3. The third-order valence-corrected chi connectivity index (χ3v) is 3.77. The molecule has 1 fully saturated rings. The van der Waals surface area contributed by atoms with E-state index in [1.165, 1.54) is 6.92 Å². The molecule has 0 spiro atoms. The van der Waals surface area contributed by atoms with Gasteiger partial charge in [-0.3, -0.25) is 14.4 Å². The van der Waals surface area contributed by atoms with Gasteiger partial charge in [-0.2, -0.15) is 0 Å². The topological polar surface area (TPSA) is 66.5 Å². The minimum atomic E-state index is -0.592. The second kappa shape index (κ2) is 6.04. The Morgan fingerprint density at radius 2 is 1.83 bits per heavy atom. The van der Waals surface area contributed by atoms with Crippen molar-refractivity contribution in [2.45, 2.75) is 19.4 Å². The minimum absolute atomic E-state index is 0.0953. The molecule has 1 aliphatic heterocycles. The van der Waals surface area contributed by atoms with Gasteiger partial charge >= 0.3 is 0 Å². The van der Waals surface area contributed by atoms with Gasteiger partial charge < -0.3 is 5.32 Å². The summed E-state index contributed by atoms with van der Waals surface area (Å²) in [7, 11) is 0. The molecule has 0 radical (unpaired) electrons. The first kappa shape index (κ1) is 15.0. The van der Waals surface area contributed by atoms with E-state index >= 15 is 0 Å². The van der Waals surface area contributed by atoms with Crippen LogP contribution in [-0.4, -0.2) is 23.6 Å². The molecule has 5 heteroatoms. The monoisotopic (exact) mass is 308 g/mol. The van der Waals surface area contributed by atoms with Crippen LogP contribution in [0.25, 0.3) is 0 Å².